The number of halogens is 2. The van der Waals surface area contributed by atoms with Crippen molar-refractivity contribution in [2.45, 2.75) is 19.9 Å². The fraction of sp³-hybridized carbons (Fsp3) is 0.250. The molecule has 5 heteroatoms. The van der Waals surface area contributed by atoms with Crippen molar-refractivity contribution in [3.63, 3.8) is 0 Å². The Morgan fingerprint density at radius 1 is 1.29 bits per heavy atom. The predicted octanol–water partition coefficient (Wildman–Crippen LogP) is 4.11. The molecule has 0 bridgehead atoms. The molecule has 2 rings (SSSR count). The molecule has 2 aromatic rings. The SMILES string of the molecule is Cc1nc(C(N)c2ccc(Cl)cc2Cl)sc1C. The Kier molecular flexibility index (Phi) is 3.73. The van der Waals surface area contributed by atoms with E-state index in [0.29, 0.717) is 10.0 Å². The second-order valence-electron chi connectivity index (χ2n) is 3.84. The van der Waals surface area contributed by atoms with E-state index in [9.17, 15) is 0 Å². The molecule has 1 aromatic carbocycles. The molecular weight excluding hydrogens is 275 g/mol. The minimum absolute atomic E-state index is 0.294. The predicted molar refractivity (Wildman–Crippen MR) is 74.1 cm³/mol. The molecule has 0 radical (unpaired) electrons. The van der Waals surface area contributed by atoms with Crippen LogP contribution in [0.3, 0.4) is 0 Å². The summed E-state index contributed by atoms with van der Waals surface area (Å²) in [6.07, 6.45) is 0. The van der Waals surface area contributed by atoms with Gasteiger partial charge >= 0.3 is 0 Å². The van der Waals surface area contributed by atoms with Crippen LogP contribution in [0.15, 0.2) is 18.2 Å². The second kappa shape index (κ2) is 4.94. The lowest BCUT2D eigenvalue weighted by atomic mass is 10.1. The van der Waals surface area contributed by atoms with Crippen molar-refractivity contribution >= 4 is 34.5 Å². The summed E-state index contributed by atoms with van der Waals surface area (Å²) in [4.78, 5) is 5.63. The zero-order valence-corrected chi connectivity index (χ0v) is 11.8. The molecule has 1 heterocycles. The molecule has 1 atom stereocenters. The number of benzene rings is 1. The van der Waals surface area contributed by atoms with Gasteiger partial charge in [0, 0.05) is 14.9 Å². The van der Waals surface area contributed by atoms with Crippen molar-refractivity contribution < 1.29 is 0 Å². The molecule has 0 saturated heterocycles. The summed E-state index contributed by atoms with van der Waals surface area (Å²) in [5, 5.41) is 2.07. The Labute approximate surface area is 114 Å². The smallest absolute Gasteiger partial charge is 0.114 e. The molecule has 17 heavy (non-hydrogen) atoms. The number of rotatable bonds is 2. The van der Waals surface area contributed by atoms with Crippen LogP contribution in [0, 0.1) is 13.8 Å². The summed E-state index contributed by atoms with van der Waals surface area (Å²) in [6.45, 7) is 4.01. The van der Waals surface area contributed by atoms with E-state index in [-0.39, 0.29) is 6.04 Å². The Hall–Kier alpha value is -0.610. The van der Waals surface area contributed by atoms with Crippen molar-refractivity contribution in [2.75, 3.05) is 0 Å². The summed E-state index contributed by atoms with van der Waals surface area (Å²) in [5.41, 5.74) is 8.04. The van der Waals surface area contributed by atoms with Crippen molar-refractivity contribution in [1.29, 1.82) is 0 Å². The molecule has 90 valence electrons. The minimum atomic E-state index is -0.294. The van der Waals surface area contributed by atoms with Gasteiger partial charge in [0.1, 0.15) is 5.01 Å². The molecule has 0 aliphatic heterocycles. The monoisotopic (exact) mass is 286 g/mol. The van der Waals surface area contributed by atoms with Crippen LogP contribution in [0.25, 0.3) is 0 Å². The maximum atomic E-state index is 6.17. The summed E-state index contributed by atoms with van der Waals surface area (Å²) in [6, 6.07) is 5.04. The highest BCUT2D eigenvalue weighted by molar-refractivity contribution is 7.11. The Morgan fingerprint density at radius 3 is 2.53 bits per heavy atom. The first kappa shape index (κ1) is 12.8. The highest BCUT2D eigenvalue weighted by Crippen LogP contribution is 2.31. The summed E-state index contributed by atoms with van der Waals surface area (Å²) in [7, 11) is 0. The molecule has 0 fully saturated rings. The van der Waals surface area contributed by atoms with Crippen molar-refractivity contribution in [2.24, 2.45) is 5.73 Å². The van der Waals surface area contributed by atoms with Gasteiger partial charge in [0.2, 0.25) is 0 Å². The van der Waals surface area contributed by atoms with Gasteiger partial charge in [-0.25, -0.2) is 4.98 Å². The molecule has 2 N–H and O–H groups in total. The first-order valence-corrected chi connectivity index (χ1v) is 6.70. The van der Waals surface area contributed by atoms with Crippen LogP contribution in [0.1, 0.15) is 27.2 Å². The van der Waals surface area contributed by atoms with E-state index in [4.69, 9.17) is 28.9 Å². The number of thiazole rings is 1. The van der Waals surface area contributed by atoms with Crippen molar-refractivity contribution in [3.8, 4) is 0 Å². The lowest BCUT2D eigenvalue weighted by Gasteiger charge is -2.11. The van der Waals surface area contributed by atoms with E-state index in [0.717, 1.165) is 16.3 Å². The lowest BCUT2D eigenvalue weighted by molar-refractivity contribution is 0.852. The minimum Gasteiger partial charge on any atom is -0.318 e. The molecule has 0 aliphatic rings. The molecular formula is C12H12Cl2N2S. The molecule has 2 nitrogen and oxygen atoms in total. The third-order valence-corrected chi connectivity index (χ3v) is 4.33. The van der Waals surface area contributed by atoms with E-state index in [2.05, 4.69) is 4.98 Å². The third-order valence-electron chi connectivity index (χ3n) is 2.61. The molecule has 0 saturated carbocycles. The van der Waals surface area contributed by atoms with Crippen LogP contribution in [0.5, 0.6) is 0 Å². The number of aromatic nitrogens is 1. The normalized spacial score (nSPS) is 12.8. The van der Waals surface area contributed by atoms with Crippen LogP contribution in [0.4, 0.5) is 0 Å². The van der Waals surface area contributed by atoms with Crippen molar-refractivity contribution in [1.82, 2.24) is 4.98 Å². The number of nitrogens with two attached hydrogens (primary N) is 1. The second-order valence-corrected chi connectivity index (χ2v) is 5.92. The first-order chi connectivity index (χ1) is 7.99. The lowest BCUT2D eigenvalue weighted by Crippen LogP contribution is -2.12. The summed E-state index contributed by atoms with van der Waals surface area (Å²) >= 11 is 13.6. The van der Waals surface area contributed by atoms with E-state index < -0.39 is 0 Å². The highest BCUT2D eigenvalue weighted by Gasteiger charge is 2.17. The first-order valence-electron chi connectivity index (χ1n) is 5.13. The average Bonchev–Trinajstić information content (AvgIpc) is 2.58. The molecule has 0 aliphatic carbocycles. The fourth-order valence-electron chi connectivity index (χ4n) is 1.52. The van der Waals surface area contributed by atoms with Gasteiger partial charge < -0.3 is 5.73 Å². The fourth-order valence-corrected chi connectivity index (χ4v) is 2.99. The van der Waals surface area contributed by atoms with Crippen LogP contribution in [0.2, 0.25) is 10.0 Å². The molecule has 0 spiro atoms. The third kappa shape index (κ3) is 2.63. The number of hydrogen-bond donors (Lipinski definition) is 1. The quantitative estimate of drug-likeness (QED) is 0.902. The van der Waals surface area contributed by atoms with Crippen LogP contribution in [-0.2, 0) is 0 Å². The standard InChI is InChI=1S/C12H12Cl2N2S/c1-6-7(2)17-12(16-6)11(15)9-4-3-8(13)5-10(9)14/h3-5,11H,15H2,1-2H3. The largest absolute Gasteiger partial charge is 0.318 e. The van der Waals surface area contributed by atoms with Gasteiger partial charge in [-0.1, -0.05) is 29.3 Å². The van der Waals surface area contributed by atoms with E-state index >= 15 is 0 Å². The molecule has 1 aromatic heterocycles. The van der Waals surface area contributed by atoms with Crippen LogP contribution < -0.4 is 5.73 Å². The zero-order chi connectivity index (χ0) is 12.6. The van der Waals surface area contributed by atoms with Gasteiger partial charge in [-0.2, -0.15) is 0 Å². The van der Waals surface area contributed by atoms with Crippen LogP contribution >= 0.6 is 34.5 Å². The number of nitrogens with zero attached hydrogens (tertiary/aromatic N) is 1. The summed E-state index contributed by atoms with van der Waals surface area (Å²) < 4.78 is 0. The molecule has 1 unspecified atom stereocenters. The van der Waals surface area contributed by atoms with Gasteiger partial charge in [-0.3, -0.25) is 0 Å². The van der Waals surface area contributed by atoms with E-state index in [1.807, 2.05) is 19.9 Å². The van der Waals surface area contributed by atoms with Gasteiger partial charge in [0.15, 0.2) is 0 Å². The van der Waals surface area contributed by atoms with E-state index in [1.165, 1.54) is 4.88 Å². The maximum Gasteiger partial charge on any atom is 0.114 e. The molecule has 0 amide bonds. The van der Waals surface area contributed by atoms with Crippen molar-refractivity contribution in [3.05, 3.63) is 49.4 Å². The Balaban J connectivity index is 2.39. The van der Waals surface area contributed by atoms with Gasteiger partial charge in [-0.15, -0.1) is 11.3 Å². The Bertz CT molecular complexity index is 532. The maximum absolute atomic E-state index is 6.17. The van der Waals surface area contributed by atoms with Gasteiger partial charge in [0.05, 0.1) is 11.7 Å². The Morgan fingerprint density at radius 2 is 2.00 bits per heavy atom. The number of hydrogen-bond acceptors (Lipinski definition) is 3. The summed E-state index contributed by atoms with van der Waals surface area (Å²) in [5.74, 6) is 0. The zero-order valence-electron chi connectivity index (χ0n) is 9.50. The van der Waals surface area contributed by atoms with Gasteiger partial charge in [0.25, 0.3) is 0 Å². The van der Waals surface area contributed by atoms with Gasteiger partial charge in [-0.05, 0) is 31.5 Å². The van der Waals surface area contributed by atoms with E-state index in [1.54, 1.807) is 23.5 Å². The topological polar surface area (TPSA) is 38.9 Å². The number of aryl methyl sites for hydroxylation is 2. The van der Waals surface area contributed by atoms with Crippen LogP contribution in [-0.4, -0.2) is 4.98 Å². The highest BCUT2D eigenvalue weighted by atomic mass is 35.5. The average molecular weight is 287 g/mol.